The number of aliphatic imine (C=N–C) groups is 1. The van der Waals surface area contributed by atoms with Gasteiger partial charge in [0.05, 0.1) is 0 Å². The molecule has 0 spiro atoms. The fourth-order valence-corrected chi connectivity index (χ4v) is 2.49. The zero-order valence-corrected chi connectivity index (χ0v) is 14.0. The quantitative estimate of drug-likeness (QED) is 0.430. The van der Waals surface area contributed by atoms with E-state index < -0.39 is 23.3 Å². The SMILES string of the molecule is C#Cc1ccc(NC(=O)N=C2NC(=O)C(CC=C)(CC=C)C(=O)N2)cc1. The molecule has 3 N–H and O–H groups in total. The van der Waals surface area contributed by atoms with Crippen LogP contribution in [0.1, 0.15) is 18.4 Å². The number of benzene rings is 1. The number of hydrogen-bond donors (Lipinski definition) is 3. The van der Waals surface area contributed by atoms with Crippen LogP contribution in [0.15, 0.2) is 54.6 Å². The van der Waals surface area contributed by atoms with Crippen molar-refractivity contribution in [3.8, 4) is 12.3 Å². The molecule has 1 aromatic carbocycles. The summed E-state index contributed by atoms with van der Waals surface area (Å²) in [6.07, 6.45) is 8.50. The van der Waals surface area contributed by atoms with E-state index in [9.17, 15) is 14.4 Å². The molecule has 0 aliphatic carbocycles. The number of nitrogens with one attached hydrogen (secondary N) is 3. The largest absolute Gasteiger partial charge is 0.348 e. The molecule has 7 heteroatoms. The average Bonchev–Trinajstić information content (AvgIpc) is 2.60. The first-order valence-electron chi connectivity index (χ1n) is 7.76. The Bertz CT molecular complexity index is 799. The van der Waals surface area contributed by atoms with Crippen molar-refractivity contribution in [2.45, 2.75) is 12.8 Å². The lowest BCUT2D eigenvalue weighted by Gasteiger charge is -2.33. The molecule has 0 unspecified atom stereocenters. The molecule has 0 saturated carbocycles. The summed E-state index contributed by atoms with van der Waals surface area (Å²) < 4.78 is 0. The number of amides is 4. The number of nitrogens with zero attached hydrogens (tertiary/aromatic N) is 1. The molecule has 0 radical (unpaired) electrons. The van der Waals surface area contributed by atoms with Crippen molar-refractivity contribution < 1.29 is 14.4 Å². The van der Waals surface area contributed by atoms with Crippen molar-refractivity contribution in [3.05, 3.63) is 55.1 Å². The summed E-state index contributed by atoms with van der Waals surface area (Å²) in [5, 5.41) is 7.39. The maximum atomic E-state index is 12.4. The fraction of sp³-hybridized carbons (Fsp3) is 0.158. The van der Waals surface area contributed by atoms with Crippen LogP contribution in [0.4, 0.5) is 10.5 Å². The maximum Gasteiger partial charge on any atom is 0.348 e. The molecule has 1 saturated heterocycles. The highest BCUT2D eigenvalue weighted by Crippen LogP contribution is 2.30. The Morgan fingerprint density at radius 2 is 1.69 bits per heavy atom. The molecule has 1 aliphatic heterocycles. The minimum Gasteiger partial charge on any atom is -0.306 e. The standard InChI is InChI=1S/C19H18N4O3/c1-4-11-19(12-5-2)15(24)21-17(22-16(19)25)23-18(26)20-14-9-7-13(6-3)8-10-14/h3-5,7-10H,1-2,11-12H2,(H3,20,21,22,23,24,25,26). The maximum absolute atomic E-state index is 12.4. The predicted octanol–water partition coefficient (Wildman–Crippen LogP) is 1.94. The van der Waals surface area contributed by atoms with Gasteiger partial charge in [0.15, 0.2) is 0 Å². The lowest BCUT2D eigenvalue weighted by atomic mass is 9.78. The second-order valence-electron chi connectivity index (χ2n) is 5.59. The van der Waals surface area contributed by atoms with Crippen molar-refractivity contribution in [1.29, 1.82) is 0 Å². The second kappa shape index (κ2) is 7.94. The highest BCUT2D eigenvalue weighted by atomic mass is 16.2. The van der Waals surface area contributed by atoms with Crippen LogP contribution in [0.3, 0.4) is 0 Å². The summed E-state index contributed by atoms with van der Waals surface area (Å²) >= 11 is 0. The van der Waals surface area contributed by atoms with Gasteiger partial charge >= 0.3 is 6.03 Å². The zero-order chi connectivity index (χ0) is 19.2. The fourth-order valence-electron chi connectivity index (χ4n) is 2.49. The van der Waals surface area contributed by atoms with E-state index >= 15 is 0 Å². The van der Waals surface area contributed by atoms with Crippen molar-refractivity contribution in [3.63, 3.8) is 0 Å². The number of terminal acetylenes is 1. The van der Waals surface area contributed by atoms with Gasteiger partial charge in [-0.2, -0.15) is 4.99 Å². The molecule has 1 aliphatic rings. The molecule has 4 amide bonds. The van der Waals surface area contributed by atoms with Gasteiger partial charge in [-0.05, 0) is 37.1 Å². The third-order valence-corrected chi connectivity index (χ3v) is 3.83. The molecule has 0 aromatic heterocycles. The zero-order valence-electron chi connectivity index (χ0n) is 14.0. The number of hydrogen-bond acceptors (Lipinski definition) is 3. The normalized spacial score (nSPS) is 15.1. The Hall–Kier alpha value is -3.66. The first kappa shape index (κ1) is 18.7. The van der Waals surface area contributed by atoms with Gasteiger partial charge in [-0.3, -0.25) is 20.2 Å². The summed E-state index contributed by atoms with van der Waals surface area (Å²) in [6, 6.07) is 5.79. The molecule has 2 rings (SSSR count). The molecule has 0 bridgehead atoms. The Labute approximate surface area is 151 Å². The van der Waals surface area contributed by atoms with Gasteiger partial charge in [0.25, 0.3) is 0 Å². The van der Waals surface area contributed by atoms with E-state index in [2.05, 4.69) is 40.0 Å². The minimum atomic E-state index is -1.34. The molecule has 1 aromatic rings. The van der Waals surface area contributed by atoms with Crippen LogP contribution >= 0.6 is 0 Å². The molecule has 1 heterocycles. The lowest BCUT2D eigenvalue weighted by Crippen LogP contribution is -2.63. The number of carbonyl (C=O) groups is 3. The van der Waals surface area contributed by atoms with Gasteiger partial charge in [0.2, 0.25) is 17.8 Å². The van der Waals surface area contributed by atoms with Crippen molar-refractivity contribution in [2.24, 2.45) is 10.4 Å². The van der Waals surface area contributed by atoms with Crippen molar-refractivity contribution in [2.75, 3.05) is 5.32 Å². The molecule has 132 valence electrons. The van der Waals surface area contributed by atoms with Crippen LogP contribution in [0.5, 0.6) is 0 Å². The van der Waals surface area contributed by atoms with Gasteiger partial charge in [-0.15, -0.1) is 19.6 Å². The van der Waals surface area contributed by atoms with Crippen LogP contribution in [0.25, 0.3) is 0 Å². The first-order valence-corrected chi connectivity index (χ1v) is 7.76. The van der Waals surface area contributed by atoms with E-state index in [0.29, 0.717) is 11.3 Å². The number of guanidine groups is 1. The third kappa shape index (κ3) is 3.87. The van der Waals surface area contributed by atoms with Crippen LogP contribution in [-0.2, 0) is 9.59 Å². The van der Waals surface area contributed by atoms with Gasteiger partial charge in [0, 0.05) is 11.3 Å². The predicted molar refractivity (Wildman–Crippen MR) is 99.2 cm³/mol. The molecule has 0 atom stereocenters. The van der Waals surface area contributed by atoms with Gasteiger partial charge < -0.3 is 5.32 Å². The highest BCUT2D eigenvalue weighted by Gasteiger charge is 2.47. The Morgan fingerprint density at radius 3 is 2.15 bits per heavy atom. The molecule has 26 heavy (non-hydrogen) atoms. The lowest BCUT2D eigenvalue weighted by molar-refractivity contribution is -0.143. The van der Waals surface area contributed by atoms with E-state index in [0.717, 1.165) is 0 Å². The smallest absolute Gasteiger partial charge is 0.306 e. The third-order valence-electron chi connectivity index (χ3n) is 3.83. The van der Waals surface area contributed by atoms with Crippen LogP contribution in [0, 0.1) is 17.8 Å². The molecule has 1 fully saturated rings. The summed E-state index contributed by atoms with van der Waals surface area (Å²) in [7, 11) is 0. The van der Waals surface area contributed by atoms with E-state index in [1.54, 1.807) is 24.3 Å². The number of carbonyl (C=O) groups excluding carboxylic acids is 3. The minimum absolute atomic E-state index is 0.137. The van der Waals surface area contributed by atoms with E-state index in [4.69, 9.17) is 6.42 Å². The number of urea groups is 1. The summed E-state index contributed by atoms with van der Waals surface area (Å²) in [4.78, 5) is 40.5. The van der Waals surface area contributed by atoms with Crippen LogP contribution < -0.4 is 16.0 Å². The van der Waals surface area contributed by atoms with Crippen molar-refractivity contribution in [1.82, 2.24) is 10.6 Å². The average molecular weight is 350 g/mol. The highest BCUT2D eigenvalue weighted by molar-refractivity contribution is 6.22. The van der Waals surface area contributed by atoms with Crippen LogP contribution in [-0.4, -0.2) is 23.8 Å². The molecule has 7 nitrogen and oxygen atoms in total. The molecular weight excluding hydrogens is 332 g/mol. The number of rotatable bonds is 5. The first-order chi connectivity index (χ1) is 12.4. The molecular formula is C19H18N4O3. The van der Waals surface area contributed by atoms with Crippen LogP contribution in [0.2, 0.25) is 0 Å². The number of anilines is 1. The van der Waals surface area contributed by atoms with Crippen molar-refractivity contribution >= 4 is 29.5 Å². The van der Waals surface area contributed by atoms with Gasteiger partial charge in [-0.25, -0.2) is 4.79 Å². The van der Waals surface area contributed by atoms with Gasteiger partial charge in [-0.1, -0.05) is 18.1 Å². The van der Waals surface area contributed by atoms with E-state index in [1.165, 1.54) is 12.2 Å². The summed E-state index contributed by atoms with van der Waals surface area (Å²) in [5.74, 6) is 1.10. The van der Waals surface area contributed by atoms with E-state index in [1.807, 2.05) is 0 Å². The Balaban J connectivity index is 2.12. The van der Waals surface area contributed by atoms with Gasteiger partial charge in [0.1, 0.15) is 5.41 Å². The Morgan fingerprint density at radius 1 is 1.15 bits per heavy atom. The monoisotopic (exact) mass is 350 g/mol. The number of allylic oxidation sites excluding steroid dienone is 2. The summed E-state index contributed by atoms with van der Waals surface area (Å²) in [6.45, 7) is 7.15. The second-order valence-corrected chi connectivity index (χ2v) is 5.59. The summed E-state index contributed by atoms with van der Waals surface area (Å²) in [5.41, 5.74) is -0.203. The van der Waals surface area contributed by atoms with E-state index in [-0.39, 0.29) is 18.8 Å². The topological polar surface area (TPSA) is 99.7 Å². The Kier molecular flexibility index (Phi) is 5.71.